The highest BCUT2D eigenvalue weighted by Crippen LogP contribution is 2.65. The summed E-state index contributed by atoms with van der Waals surface area (Å²) >= 11 is 1.26. The van der Waals surface area contributed by atoms with E-state index >= 15 is 0 Å². The molecule has 0 amide bonds. The molecule has 18 aromatic rings. The molecule has 0 N–H and O–H groups in total. The van der Waals surface area contributed by atoms with Gasteiger partial charge in [-0.3, -0.25) is 0 Å². The lowest BCUT2D eigenvalue weighted by Gasteiger charge is -2.30. The first kappa shape index (κ1) is 61.1. The van der Waals surface area contributed by atoms with Crippen LogP contribution < -0.4 is 14.4 Å². The van der Waals surface area contributed by atoms with Gasteiger partial charge in [-0.15, -0.1) is 0 Å². The van der Waals surface area contributed by atoms with Crippen LogP contribution in [0.25, 0.3) is 139 Å². The third-order valence-electron chi connectivity index (χ3n) is 23.6. The quantitative estimate of drug-likeness (QED) is 0.129. The van der Waals surface area contributed by atoms with E-state index in [2.05, 4.69) is 337 Å². The summed E-state index contributed by atoms with van der Waals surface area (Å²) < 4.78 is 23.9. The van der Waals surface area contributed by atoms with Gasteiger partial charge in [0.1, 0.15) is 22.5 Å². The third kappa shape index (κ3) is 8.80. The van der Waals surface area contributed by atoms with Crippen LogP contribution in [0, 0.1) is 0 Å². The Morgan fingerprint density at radius 2 is 0.579 bits per heavy atom. The lowest BCUT2D eigenvalue weighted by molar-refractivity contribution is 0.415. The van der Waals surface area contributed by atoms with Crippen LogP contribution in [-0.4, -0.2) is 27.5 Å². The van der Waals surface area contributed by atoms with Crippen molar-refractivity contribution in [3.63, 3.8) is 0 Å². The van der Waals surface area contributed by atoms with Crippen LogP contribution in [0.4, 0.5) is 17.1 Å². The predicted octanol–water partition coefficient (Wildman–Crippen LogP) is 25.3. The van der Waals surface area contributed by atoms with Gasteiger partial charge in [0.15, 0.2) is 0 Å². The van der Waals surface area contributed by atoms with Crippen LogP contribution in [0.15, 0.2) is 352 Å². The number of fused-ring (bicyclic) bond motifs is 24. The van der Waals surface area contributed by atoms with Crippen molar-refractivity contribution in [3.05, 3.63) is 396 Å². The summed E-state index contributed by atoms with van der Waals surface area (Å²) in [5.74, 6) is 1.66. The Morgan fingerprint density at radius 3 is 0.963 bits per heavy atom. The van der Waals surface area contributed by atoms with E-state index in [1.807, 2.05) is 24.3 Å². The Morgan fingerprint density at radius 1 is 0.271 bits per heavy atom. The summed E-state index contributed by atoms with van der Waals surface area (Å²) in [5.41, 5.74) is 39.2. The molecule has 0 aliphatic heterocycles. The van der Waals surface area contributed by atoms with Gasteiger partial charge in [-0.1, -0.05) is 243 Å². The number of hydrogen-bond acceptors (Lipinski definition) is 6. The Hall–Kier alpha value is -13.5. The molecule has 0 radical (unpaired) electrons. The summed E-state index contributed by atoms with van der Waals surface area (Å²) in [6.07, 6.45) is 0. The lowest BCUT2D eigenvalue weighted by Crippen LogP contribution is -2.25. The van der Waals surface area contributed by atoms with Crippen LogP contribution in [0.1, 0.15) is 44.5 Å². The smallest absolute Gasteiger partial charge is 0.129 e. The molecule has 2 aromatic heterocycles. The molecule has 4 aliphatic rings. The van der Waals surface area contributed by atoms with Gasteiger partial charge in [-0.05, 0) is 248 Å². The molecule has 22 rings (SSSR count). The zero-order valence-corrected chi connectivity index (χ0v) is 59.3. The van der Waals surface area contributed by atoms with E-state index in [1.54, 1.807) is 14.2 Å². The molecule has 107 heavy (non-hydrogen) atoms. The maximum atomic E-state index is 5.54. The number of benzene rings is 16. The second kappa shape index (κ2) is 23.5. The molecule has 6 nitrogen and oxygen atoms in total. The number of hydrogen-bond donors (Lipinski definition) is 0. The van der Waals surface area contributed by atoms with Gasteiger partial charge < -0.3 is 18.9 Å². The fourth-order valence-electron chi connectivity index (χ4n) is 18.9. The summed E-state index contributed by atoms with van der Waals surface area (Å²) in [6, 6.07) is 131. The minimum atomic E-state index is -0.445. The van der Waals surface area contributed by atoms with Crippen molar-refractivity contribution in [2.45, 2.75) is 10.8 Å². The normalized spacial score (nSPS) is 13.3. The van der Waals surface area contributed by atoms with E-state index in [-0.39, 0.29) is 0 Å². The Kier molecular flexibility index (Phi) is 13.4. The standard InChI is InChI=1S/C100H64N4O2S/c1-105-73-47-33-63(34-48-73)66-39-54-94-84(57-66)85-58-67(64-35-49-74(106-2)50-36-64)40-55-95(85)104(94)72-45-31-65(32-46-72)75-53-56-96(98-97(75)101-107-102-98)103(70-41-27-61(28-42-70)68-37-51-82-80-19-7-13-25-90(80)99(92(82)59-68)86-21-9-3-15-76(86)77-16-4-10-22-87(77)99)71-43-29-62(30-44-71)69-38-52-83-81-20-8-14-26-91(81)100(93(83)60-69)88-23-11-5-17-78(88)79-18-6-12-24-89(79)100/h3-60H,1-2H3. The Labute approximate surface area is 623 Å². The van der Waals surface area contributed by atoms with Crippen LogP contribution in [0.3, 0.4) is 0 Å². The van der Waals surface area contributed by atoms with E-state index in [9.17, 15) is 0 Å². The number of methoxy groups -OCH3 is 2. The summed E-state index contributed by atoms with van der Waals surface area (Å²) in [4.78, 5) is 2.37. The zero-order chi connectivity index (χ0) is 70.6. The van der Waals surface area contributed by atoms with Crippen molar-refractivity contribution >= 4 is 61.6 Å². The van der Waals surface area contributed by atoms with Crippen LogP contribution in [0.5, 0.6) is 11.5 Å². The number of rotatable bonds is 11. The van der Waals surface area contributed by atoms with Gasteiger partial charge in [-0.2, -0.15) is 8.75 Å². The summed E-state index contributed by atoms with van der Waals surface area (Å²) in [5, 5.41) is 2.34. The molecule has 7 heteroatoms. The number of ether oxygens (including phenoxy) is 2. The molecular weight excluding hydrogens is 1320 g/mol. The highest BCUT2D eigenvalue weighted by molar-refractivity contribution is 7.00. The molecule has 0 saturated carbocycles. The highest BCUT2D eigenvalue weighted by Gasteiger charge is 2.53. The van der Waals surface area contributed by atoms with Gasteiger partial charge >= 0.3 is 0 Å². The largest absolute Gasteiger partial charge is 0.497 e. The molecule has 0 fully saturated rings. The van der Waals surface area contributed by atoms with E-state index in [1.165, 1.54) is 123 Å². The molecule has 0 bridgehead atoms. The van der Waals surface area contributed by atoms with Crippen molar-refractivity contribution in [3.8, 4) is 117 Å². The summed E-state index contributed by atoms with van der Waals surface area (Å²) in [6.45, 7) is 0. The Balaban J connectivity index is 0.657. The third-order valence-corrected chi connectivity index (χ3v) is 24.1. The van der Waals surface area contributed by atoms with Crippen molar-refractivity contribution in [2.75, 3.05) is 19.1 Å². The van der Waals surface area contributed by atoms with Crippen LogP contribution in [-0.2, 0) is 10.8 Å². The molecule has 0 unspecified atom stereocenters. The van der Waals surface area contributed by atoms with E-state index < -0.39 is 10.8 Å². The lowest BCUT2D eigenvalue weighted by atomic mass is 9.70. The Bertz CT molecular complexity index is 6240. The SMILES string of the molecule is COc1ccc(-c2ccc3c(c2)c2cc(-c4ccc(OC)cc4)ccc2n3-c2ccc(-c3ccc(N(c4ccc(-c5ccc6c(c5)C5(c7ccccc7-c7ccccc75)c5ccccc5-6)cc4)c4ccc(-c5ccc6c(c5)C5(c7ccccc7-c7ccccc75)c5ccccc5-6)cc4)c4nsnc34)cc2)cc1. The fourth-order valence-corrected chi connectivity index (χ4v) is 19.4. The number of aromatic nitrogens is 3. The fraction of sp³-hybridized carbons (Fsp3) is 0.0400. The second-order valence-electron chi connectivity index (χ2n) is 28.6. The molecule has 2 spiro atoms. The monoisotopic (exact) mass is 1380 g/mol. The van der Waals surface area contributed by atoms with Gasteiger partial charge in [-0.25, -0.2) is 0 Å². The van der Waals surface area contributed by atoms with Crippen molar-refractivity contribution in [1.82, 2.24) is 13.3 Å². The van der Waals surface area contributed by atoms with Crippen molar-refractivity contribution < 1.29 is 9.47 Å². The first-order chi connectivity index (χ1) is 52.9. The molecule has 502 valence electrons. The van der Waals surface area contributed by atoms with Gasteiger partial charge in [0.2, 0.25) is 0 Å². The van der Waals surface area contributed by atoms with E-state index in [4.69, 9.17) is 18.2 Å². The first-order valence-corrected chi connectivity index (χ1v) is 37.3. The predicted molar refractivity (Wildman–Crippen MR) is 439 cm³/mol. The molecule has 0 saturated heterocycles. The average Bonchev–Trinajstić information content (AvgIpc) is 1.51. The maximum Gasteiger partial charge on any atom is 0.129 e. The van der Waals surface area contributed by atoms with Crippen molar-refractivity contribution in [2.24, 2.45) is 0 Å². The highest BCUT2D eigenvalue weighted by atomic mass is 32.1. The summed E-state index contributed by atoms with van der Waals surface area (Å²) in [7, 11) is 3.41. The van der Waals surface area contributed by atoms with Gasteiger partial charge in [0, 0.05) is 33.4 Å². The molecule has 4 aliphatic carbocycles. The minimum Gasteiger partial charge on any atom is -0.497 e. The molecule has 2 heterocycles. The molecule has 0 atom stereocenters. The van der Waals surface area contributed by atoms with Gasteiger partial charge in [0.05, 0.1) is 53.5 Å². The number of anilines is 3. The van der Waals surface area contributed by atoms with Crippen LogP contribution >= 0.6 is 11.7 Å². The molecule has 16 aromatic carbocycles. The zero-order valence-electron chi connectivity index (χ0n) is 58.5. The topological polar surface area (TPSA) is 52.4 Å². The maximum absolute atomic E-state index is 5.54. The molecular formula is C100H64N4O2S. The van der Waals surface area contributed by atoms with Crippen molar-refractivity contribution in [1.29, 1.82) is 0 Å². The first-order valence-electron chi connectivity index (χ1n) is 36.6. The average molecular weight is 1390 g/mol. The minimum absolute atomic E-state index is 0.445. The second-order valence-corrected chi connectivity index (χ2v) is 29.1. The van der Waals surface area contributed by atoms with E-state index in [0.717, 1.165) is 101 Å². The van der Waals surface area contributed by atoms with Gasteiger partial charge in [0.25, 0.3) is 0 Å². The number of nitrogens with zero attached hydrogens (tertiary/aromatic N) is 4. The van der Waals surface area contributed by atoms with Crippen LogP contribution in [0.2, 0.25) is 0 Å². The van der Waals surface area contributed by atoms with E-state index in [0.29, 0.717) is 0 Å².